The lowest BCUT2D eigenvalue weighted by atomic mass is 9.50. The molecule has 1 nitrogen and oxygen atoms in total. The van der Waals surface area contributed by atoms with E-state index in [9.17, 15) is 5.26 Å². The third-order valence-corrected chi connectivity index (χ3v) is 5.59. The van der Waals surface area contributed by atoms with Gasteiger partial charge in [0.05, 0.1) is 11.5 Å². The zero-order valence-corrected chi connectivity index (χ0v) is 11.6. The summed E-state index contributed by atoms with van der Waals surface area (Å²) in [6.45, 7) is 10.9. The van der Waals surface area contributed by atoms with Crippen molar-refractivity contribution in [3.63, 3.8) is 0 Å². The van der Waals surface area contributed by atoms with E-state index in [4.69, 9.17) is 0 Å². The second kappa shape index (κ2) is 4.16. The van der Waals surface area contributed by atoms with Gasteiger partial charge in [-0.25, -0.2) is 0 Å². The van der Waals surface area contributed by atoms with Crippen LogP contribution in [-0.2, 0) is 0 Å². The highest BCUT2D eigenvalue weighted by atomic mass is 14.6. The van der Waals surface area contributed by atoms with Crippen LogP contribution in [0.25, 0.3) is 0 Å². The van der Waals surface area contributed by atoms with E-state index < -0.39 is 0 Å². The molecule has 2 fully saturated rings. The number of fused-ring (bicyclic) bond motifs is 1. The number of allylic oxidation sites excluding steroid dienone is 1. The molecule has 4 atom stereocenters. The molecule has 0 unspecified atom stereocenters. The lowest BCUT2D eigenvalue weighted by Gasteiger charge is -2.54. The molecule has 0 amide bonds. The van der Waals surface area contributed by atoms with Crippen molar-refractivity contribution in [1.29, 1.82) is 5.26 Å². The van der Waals surface area contributed by atoms with Crippen LogP contribution in [0.4, 0.5) is 0 Å². The van der Waals surface area contributed by atoms with Gasteiger partial charge in [-0.2, -0.15) is 5.26 Å². The first-order valence-electron chi connectivity index (χ1n) is 6.98. The summed E-state index contributed by atoms with van der Waals surface area (Å²) in [5, 5.41) is 9.56. The molecule has 17 heavy (non-hydrogen) atoms. The molecule has 2 rings (SSSR count). The van der Waals surface area contributed by atoms with E-state index in [2.05, 4.69) is 33.4 Å². The summed E-state index contributed by atoms with van der Waals surface area (Å²) in [5.74, 6) is 1.23. The van der Waals surface area contributed by atoms with Gasteiger partial charge < -0.3 is 0 Å². The van der Waals surface area contributed by atoms with Crippen LogP contribution in [-0.4, -0.2) is 0 Å². The van der Waals surface area contributed by atoms with E-state index >= 15 is 0 Å². The van der Waals surface area contributed by atoms with Crippen molar-refractivity contribution in [1.82, 2.24) is 0 Å². The van der Waals surface area contributed by atoms with Crippen LogP contribution in [0.1, 0.15) is 59.3 Å². The Morgan fingerprint density at radius 3 is 2.59 bits per heavy atom. The fourth-order valence-corrected chi connectivity index (χ4v) is 4.31. The molecular formula is C16H25N. The SMILES string of the molecule is C=C(C)[C@@H]1CC[C@@]2(C)CCC[C@](C)(C#N)[C@@H]2C1. The Morgan fingerprint density at radius 1 is 1.29 bits per heavy atom. The standard InChI is InChI=1S/C16H25N/c1-12(2)13-6-9-15(3)7-5-8-16(4,11-17)14(15)10-13/h13-14H,1,5-10H2,2-4H3/t13-,14-,15-,16-/m1/s1. The van der Waals surface area contributed by atoms with Gasteiger partial charge in [0.2, 0.25) is 0 Å². The summed E-state index contributed by atoms with van der Waals surface area (Å²) >= 11 is 0. The lowest BCUT2D eigenvalue weighted by Crippen LogP contribution is -2.46. The smallest absolute Gasteiger partial charge is 0.0689 e. The highest BCUT2D eigenvalue weighted by Gasteiger charge is 2.51. The molecule has 0 saturated heterocycles. The van der Waals surface area contributed by atoms with Gasteiger partial charge in [0.25, 0.3) is 0 Å². The molecule has 0 aromatic heterocycles. The average Bonchev–Trinajstić information content (AvgIpc) is 2.28. The first-order valence-corrected chi connectivity index (χ1v) is 6.98. The fraction of sp³-hybridized carbons (Fsp3) is 0.812. The Labute approximate surface area is 106 Å². The Hall–Kier alpha value is -0.770. The molecule has 1 heteroatoms. The van der Waals surface area contributed by atoms with Gasteiger partial charge in [-0.1, -0.05) is 25.5 Å². The van der Waals surface area contributed by atoms with Gasteiger partial charge in [-0.15, -0.1) is 0 Å². The highest BCUT2D eigenvalue weighted by molar-refractivity contribution is 5.12. The maximum absolute atomic E-state index is 9.56. The number of hydrogen-bond acceptors (Lipinski definition) is 1. The number of rotatable bonds is 1. The largest absolute Gasteiger partial charge is 0.198 e. The summed E-state index contributed by atoms with van der Waals surface area (Å²) in [6.07, 6.45) is 7.39. The van der Waals surface area contributed by atoms with Crippen molar-refractivity contribution >= 4 is 0 Å². The minimum Gasteiger partial charge on any atom is -0.198 e. The summed E-state index contributed by atoms with van der Waals surface area (Å²) < 4.78 is 0. The molecule has 0 aromatic carbocycles. The van der Waals surface area contributed by atoms with E-state index in [1.54, 1.807) is 0 Å². The molecule has 0 heterocycles. The van der Waals surface area contributed by atoms with Gasteiger partial charge >= 0.3 is 0 Å². The van der Waals surface area contributed by atoms with Gasteiger partial charge in [0.1, 0.15) is 0 Å². The molecule has 0 radical (unpaired) electrons. The molecule has 0 spiro atoms. The Kier molecular flexibility index (Phi) is 3.10. The maximum atomic E-state index is 9.56. The first kappa shape index (κ1) is 12.7. The Bertz CT molecular complexity index is 364. The van der Waals surface area contributed by atoms with Crippen LogP contribution in [0.5, 0.6) is 0 Å². The zero-order valence-electron chi connectivity index (χ0n) is 11.6. The van der Waals surface area contributed by atoms with E-state index in [1.165, 1.54) is 37.7 Å². The molecule has 0 bridgehead atoms. The van der Waals surface area contributed by atoms with E-state index in [0.717, 1.165) is 6.42 Å². The molecular weight excluding hydrogens is 206 g/mol. The second-order valence-corrected chi connectivity index (χ2v) is 6.91. The van der Waals surface area contributed by atoms with Crippen molar-refractivity contribution in [3.8, 4) is 6.07 Å². The van der Waals surface area contributed by atoms with Crippen LogP contribution in [0.3, 0.4) is 0 Å². The van der Waals surface area contributed by atoms with Crippen LogP contribution in [0.15, 0.2) is 12.2 Å². The third-order valence-electron chi connectivity index (χ3n) is 5.59. The van der Waals surface area contributed by atoms with E-state index in [0.29, 0.717) is 17.3 Å². The van der Waals surface area contributed by atoms with Crippen molar-refractivity contribution in [3.05, 3.63) is 12.2 Å². The molecule has 2 saturated carbocycles. The monoisotopic (exact) mass is 231 g/mol. The predicted octanol–water partition coefficient (Wildman–Crippen LogP) is 4.70. The number of hydrogen-bond donors (Lipinski definition) is 0. The van der Waals surface area contributed by atoms with Gasteiger partial charge in [-0.05, 0) is 63.2 Å². The molecule has 0 N–H and O–H groups in total. The van der Waals surface area contributed by atoms with Crippen molar-refractivity contribution in [2.75, 3.05) is 0 Å². The van der Waals surface area contributed by atoms with E-state index in [1.807, 2.05) is 0 Å². The summed E-state index contributed by atoms with van der Waals surface area (Å²) in [6, 6.07) is 2.63. The molecule has 0 aliphatic heterocycles. The van der Waals surface area contributed by atoms with Crippen LogP contribution in [0, 0.1) is 34.0 Å². The summed E-state index contributed by atoms with van der Waals surface area (Å²) in [4.78, 5) is 0. The molecule has 2 aliphatic rings. The number of nitrogens with zero attached hydrogens (tertiary/aromatic N) is 1. The van der Waals surface area contributed by atoms with Crippen molar-refractivity contribution < 1.29 is 0 Å². The highest BCUT2D eigenvalue weighted by Crippen LogP contribution is 2.59. The predicted molar refractivity (Wildman–Crippen MR) is 71.3 cm³/mol. The fourth-order valence-electron chi connectivity index (χ4n) is 4.31. The van der Waals surface area contributed by atoms with Crippen LogP contribution >= 0.6 is 0 Å². The molecule has 0 aromatic rings. The Balaban J connectivity index is 2.28. The Morgan fingerprint density at radius 2 is 2.00 bits per heavy atom. The normalized spacial score (nSPS) is 45.8. The average molecular weight is 231 g/mol. The van der Waals surface area contributed by atoms with Gasteiger partial charge in [0.15, 0.2) is 0 Å². The first-order chi connectivity index (χ1) is 7.91. The van der Waals surface area contributed by atoms with Crippen molar-refractivity contribution in [2.24, 2.45) is 22.7 Å². The van der Waals surface area contributed by atoms with Crippen LogP contribution < -0.4 is 0 Å². The van der Waals surface area contributed by atoms with Crippen molar-refractivity contribution in [2.45, 2.75) is 59.3 Å². The molecule has 94 valence electrons. The summed E-state index contributed by atoms with van der Waals surface area (Å²) in [5.41, 5.74) is 1.63. The minimum absolute atomic E-state index is 0.0961. The topological polar surface area (TPSA) is 23.8 Å². The lowest BCUT2D eigenvalue weighted by molar-refractivity contribution is -0.0251. The van der Waals surface area contributed by atoms with Gasteiger partial charge in [0, 0.05) is 0 Å². The summed E-state index contributed by atoms with van der Waals surface area (Å²) in [7, 11) is 0. The van der Waals surface area contributed by atoms with E-state index in [-0.39, 0.29) is 5.41 Å². The molecule has 2 aliphatic carbocycles. The zero-order chi connectivity index (χ0) is 12.7. The van der Waals surface area contributed by atoms with Gasteiger partial charge in [-0.3, -0.25) is 0 Å². The minimum atomic E-state index is -0.0961. The maximum Gasteiger partial charge on any atom is 0.0689 e. The quantitative estimate of drug-likeness (QED) is 0.600. The second-order valence-electron chi connectivity index (χ2n) is 6.91. The third kappa shape index (κ3) is 2.03. The van der Waals surface area contributed by atoms with Crippen LogP contribution in [0.2, 0.25) is 0 Å². The number of nitriles is 1.